The Morgan fingerprint density at radius 2 is 1.87 bits per heavy atom. The Labute approximate surface area is 177 Å². The summed E-state index contributed by atoms with van der Waals surface area (Å²) in [5.41, 5.74) is 2.80. The highest BCUT2D eigenvalue weighted by atomic mass is 16.1. The minimum atomic E-state index is -0.0597. The quantitative estimate of drug-likeness (QED) is 0.663. The summed E-state index contributed by atoms with van der Waals surface area (Å²) in [5, 5.41) is 7.04. The van der Waals surface area contributed by atoms with Crippen molar-refractivity contribution in [2.75, 3.05) is 52.1 Å². The number of rotatable bonds is 6. The van der Waals surface area contributed by atoms with Crippen LogP contribution in [0.2, 0.25) is 0 Å². The molecular formula is C24H29N5O. The number of piperazine rings is 1. The summed E-state index contributed by atoms with van der Waals surface area (Å²) in [7, 11) is 3.98. The number of nitrogens with one attached hydrogen (secondary N) is 2. The third-order valence-electron chi connectivity index (χ3n) is 5.78. The van der Waals surface area contributed by atoms with Gasteiger partial charge in [-0.05, 0) is 24.7 Å². The fourth-order valence-electron chi connectivity index (χ4n) is 4.12. The second-order valence-electron chi connectivity index (χ2n) is 7.80. The zero-order chi connectivity index (χ0) is 20.9. The molecule has 1 aromatic heterocycles. The van der Waals surface area contributed by atoms with Gasteiger partial charge in [-0.15, -0.1) is 0 Å². The zero-order valence-corrected chi connectivity index (χ0v) is 17.6. The van der Waals surface area contributed by atoms with E-state index in [0.717, 1.165) is 37.1 Å². The lowest BCUT2D eigenvalue weighted by Gasteiger charge is -2.40. The second-order valence-corrected chi connectivity index (χ2v) is 7.80. The molecule has 1 fully saturated rings. The molecule has 0 aliphatic carbocycles. The summed E-state index contributed by atoms with van der Waals surface area (Å²) in [6.07, 6.45) is 0. The fraction of sp³-hybridized carbons (Fsp3) is 0.333. The standard InChI is InChI=1S/C24H29N5O/c1-25-23-16-20(19-10-6-7-11-21(19)27-23)24(30)26-12-13-29-15-14-28(2)17-22(29)18-8-4-3-5-9-18/h3-11,16,22H,12-15,17H2,1-2H3,(H,25,27)(H,26,30). The summed E-state index contributed by atoms with van der Waals surface area (Å²) in [6.45, 7) is 4.46. The van der Waals surface area contributed by atoms with Crippen molar-refractivity contribution in [1.29, 1.82) is 0 Å². The van der Waals surface area contributed by atoms with E-state index in [-0.39, 0.29) is 5.91 Å². The molecule has 6 heteroatoms. The van der Waals surface area contributed by atoms with E-state index in [1.165, 1.54) is 5.56 Å². The van der Waals surface area contributed by atoms with E-state index in [0.29, 0.717) is 24.0 Å². The Morgan fingerprint density at radius 3 is 2.67 bits per heavy atom. The molecule has 30 heavy (non-hydrogen) atoms. The third kappa shape index (κ3) is 4.45. The zero-order valence-electron chi connectivity index (χ0n) is 17.6. The molecule has 0 bridgehead atoms. The van der Waals surface area contributed by atoms with Crippen molar-refractivity contribution in [3.63, 3.8) is 0 Å². The van der Waals surface area contributed by atoms with Crippen molar-refractivity contribution in [3.05, 3.63) is 71.8 Å². The van der Waals surface area contributed by atoms with Gasteiger partial charge in [0.2, 0.25) is 0 Å². The lowest BCUT2D eigenvalue weighted by atomic mass is 10.0. The predicted octanol–water partition coefficient (Wildman–Crippen LogP) is 3.00. The van der Waals surface area contributed by atoms with Gasteiger partial charge in [0.1, 0.15) is 5.82 Å². The van der Waals surface area contributed by atoms with Crippen LogP contribution in [0.15, 0.2) is 60.7 Å². The summed E-state index contributed by atoms with van der Waals surface area (Å²) in [6, 6.07) is 20.6. The SMILES string of the molecule is CNc1cc(C(=O)NCCN2CCN(C)CC2c2ccccc2)c2ccccc2n1. The van der Waals surface area contributed by atoms with E-state index < -0.39 is 0 Å². The number of likely N-dealkylation sites (N-methyl/N-ethyl adjacent to an activating group) is 1. The van der Waals surface area contributed by atoms with E-state index in [1.807, 2.05) is 37.4 Å². The molecule has 6 nitrogen and oxygen atoms in total. The number of para-hydroxylation sites is 1. The number of fused-ring (bicyclic) bond motifs is 1. The van der Waals surface area contributed by atoms with Crippen LogP contribution in [0.5, 0.6) is 0 Å². The van der Waals surface area contributed by atoms with Crippen LogP contribution in [0.1, 0.15) is 22.0 Å². The van der Waals surface area contributed by atoms with Gasteiger partial charge in [-0.2, -0.15) is 0 Å². The molecule has 156 valence electrons. The highest BCUT2D eigenvalue weighted by Crippen LogP contribution is 2.24. The van der Waals surface area contributed by atoms with Gasteiger partial charge in [0, 0.05) is 51.2 Å². The average Bonchev–Trinajstić information content (AvgIpc) is 2.79. The van der Waals surface area contributed by atoms with Gasteiger partial charge in [-0.1, -0.05) is 48.5 Å². The monoisotopic (exact) mass is 403 g/mol. The smallest absolute Gasteiger partial charge is 0.252 e. The molecule has 2 N–H and O–H groups in total. The van der Waals surface area contributed by atoms with Crippen LogP contribution < -0.4 is 10.6 Å². The van der Waals surface area contributed by atoms with Gasteiger partial charge in [0.15, 0.2) is 0 Å². The Balaban J connectivity index is 1.45. The summed E-state index contributed by atoms with van der Waals surface area (Å²) in [4.78, 5) is 22.4. The first-order valence-electron chi connectivity index (χ1n) is 10.5. The van der Waals surface area contributed by atoms with Gasteiger partial charge < -0.3 is 15.5 Å². The largest absolute Gasteiger partial charge is 0.373 e. The van der Waals surface area contributed by atoms with E-state index in [2.05, 4.69) is 62.8 Å². The number of aromatic nitrogens is 1. The molecule has 0 radical (unpaired) electrons. The number of amides is 1. The summed E-state index contributed by atoms with van der Waals surface area (Å²) >= 11 is 0. The molecule has 4 rings (SSSR count). The second kappa shape index (κ2) is 9.24. The maximum Gasteiger partial charge on any atom is 0.252 e. The van der Waals surface area contributed by atoms with Crippen molar-refractivity contribution in [2.45, 2.75) is 6.04 Å². The van der Waals surface area contributed by atoms with Crippen LogP contribution in [0.3, 0.4) is 0 Å². The minimum Gasteiger partial charge on any atom is -0.373 e. The maximum absolute atomic E-state index is 13.0. The average molecular weight is 404 g/mol. The van der Waals surface area contributed by atoms with E-state index in [1.54, 1.807) is 0 Å². The number of carbonyl (C=O) groups excluding carboxylic acids is 1. The molecule has 1 unspecified atom stereocenters. The van der Waals surface area contributed by atoms with Crippen molar-refractivity contribution in [1.82, 2.24) is 20.1 Å². The first-order chi connectivity index (χ1) is 14.7. The minimum absolute atomic E-state index is 0.0597. The molecule has 0 spiro atoms. The van der Waals surface area contributed by atoms with Crippen molar-refractivity contribution in [3.8, 4) is 0 Å². The van der Waals surface area contributed by atoms with E-state index in [4.69, 9.17) is 0 Å². The van der Waals surface area contributed by atoms with Crippen LogP contribution in [-0.4, -0.2) is 67.5 Å². The Hall–Kier alpha value is -2.96. The Morgan fingerprint density at radius 1 is 1.10 bits per heavy atom. The van der Waals surface area contributed by atoms with Crippen molar-refractivity contribution >= 4 is 22.6 Å². The van der Waals surface area contributed by atoms with Gasteiger partial charge >= 0.3 is 0 Å². The first kappa shape index (κ1) is 20.3. The van der Waals surface area contributed by atoms with Crippen molar-refractivity contribution in [2.24, 2.45) is 0 Å². The number of nitrogens with zero attached hydrogens (tertiary/aromatic N) is 3. The highest BCUT2D eigenvalue weighted by Gasteiger charge is 2.26. The van der Waals surface area contributed by atoms with Crippen molar-refractivity contribution < 1.29 is 4.79 Å². The van der Waals surface area contributed by atoms with E-state index >= 15 is 0 Å². The van der Waals surface area contributed by atoms with Crippen LogP contribution in [-0.2, 0) is 0 Å². The lowest BCUT2D eigenvalue weighted by molar-refractivity contribution is 0.0844. The molecule has 1 amide bonds. The molecule has 1 atom stereocenters. The molecular weight excluding hydrogens is 374 g/mol. The first-order valence-corrected chi connectivity index (χ1v) is 10.5. The molecule has 2 aromatic carbocycles. The highest BCUT2D eigenvalue weighted by molar-refractivity contribution is 6.06. The number of pyridine rings is 1. The number of carbonyl (C=O) groups is 1. The van der Waals surface area contributed by atoms with Crippen LogP contribution in [0.25, 0.3) is 10.9 Å². The fourth-order valence-corrected chi connectivity index (χ4v) is 4.12. The summed E-state index contributed by atoms with van der Waals surface area (Å²) < 4.78 is 0. The molecule has 3 aromatic rings. The van der Waals surface area contributed by atoms with Crippen LogP contribution in [0, 0.1) is 0 Å². The van der Waals surface area contributed by atoms with Gasteiger partial charge in [0.25, 0.3) is 5.91 Å². The molecule has 1 aliphatic heterocycles. The van der Waals surface area contributed by atoms with Gasteiger partial charge in [-0.3, -0.25) is 9.69 Å². The van der Waals surface area contributed by atoms with Crippen LogP contribution >= 0.6 is 0 Å². The molecule has 0 saturated carbocycles. The normalized spacial score (nSPS) is 17.7. The Kier molecular flexibility index (Phi) is 6.26. The molecule has 2 heterocycles. The number of hydrogen-bond acceptors (Lipinski definition) is 5. The van der Waals surface area contributed by atoms with E-state index in [9.17, 15) is 4.79 Å². The third-order valence-corrected chi connectivity index (χ3v) is 5.78. The lowest BCUT2D eigenvalue weighted by Crippen LogP contribution is -2.49. The Bertz CT molecular complexity index is 1010. The topological polar surface area (TPSA) is 60.5 Å². The number of benzene rings is 2. The molecule has 1 aliphatic rings. The summed E-state index contributed by atoms with van der Waals surface area (Å²) in [5.74, 6) is 0.637. The molecule has 1 saturated heterocycles. The number of hydrogen-bond donors (Lipinski definition) is 2. The maximum atomic E-state index is 13.0. The number of anilines is 1. The van der Waals surface area contributed by atoms with Gasteiger partial charge in [0.05, 0.1) is 11.1 Å². The predicted molar refractivity (Wildman–Crippen MR) is 122 cm³/mol. The van der Waals surface area contributed by atoms with Gasteiger partial charge in [-0.25, -0.2) is 4.98 Å². The van der Waals surface area contributed by atoms with Crippen LogP contribution in [0.4, 0.5) is 5.82 Å².